The Bertz CT molecular complexity index is 1800. The van der Waals surface area contributed by atoms with E-state index >= 15 is 0 Å². The number of hydrogen-bond donors (Lipinski definition) is 0. The Kier molecular flexibility index (Phi) is 4.84. The number of rotatable bonds is 3. The maximum absolute atomic E-state index is 10.2. The van der Waals surface area contributed by atoms with E-state index in [2.05, 4.69) is 52.0 Å². The number of hydrogen-bond acceptors (Lipinski definition) is 3. The smallest absolute Gasteiger partial charge is 0.0998 e. The Morgan fingerprint density at radius 2 is 1.31 bits per heavy atom. The summed E-state index contributed by atoms with van der Waals surface area (Å²) in [4.78, 5) is 4.14. The van der Waals surface area contributed by atoms with Crippen molar-refractivity contribution in [1.29, 1.82) is 10.5 Å². The van der Waals surface area contributed by atoms with Crippen molar-refractivity contribution in [3.05, 3.63) is 121 Å². The van der Waals surface area contributed by atoms with E-state index < -0.39 is 0 Å². The second kappa shape index (κ2) is 8.30. The molecule has 0 bridgehead atoms. The van der Waals surface area contributed by atoms with Gasteiger partial charge < -0.3 is 4.57 Å². The van der Waals surface area contributed by atoms with Crippen molar-refractivity contribution in [2.75, 3.05) is 0 Å². The molecule has 0 amide bonds. The van der Waals surface area contributed by atoms with Crippen LogP contribution in [0.5, 0.6) is 0 Å². The lowest BCUT2D eigenvalue weighted by Crippen LogP contribution is -2.00. The predicted octanol–water partition coefficient (Wildman–Crippen LogP) is 7.26. The Morgan fingerprint density at radius 1 is 0.600 bits per heavy atom. The summed E-state index contributed by atoms with van der Waals surface area (Å²) in [5.74, 6) is 0. The fraction of sp³-hybridized carbons (Fsp3) is 0. The Labute approximate surface area is 202 Å². The first-order chi connectivity index (χ1) is 17.3. The van der Waals surface area contributed by atoms with E-state index in [1.165, 1.54) is 0 Å². The van der Waals surface area contributed by atoms with Gasteiger partial charge >= 0.3 is 0 Å². The molecule has 0 unspecified atom stereocenters. The largest absolute Gasteiger partial charge is 0.309 e. The van der Waals surface area contributed by atoms with Gasteiger partial charge in [-0.15, -0.1) is 0 Å². The van der Waals surface area contributed by atoms with Gasteiger partial charge in [-0.1, -0.05) is 54.6 Å². The molecule has 0 saturated carbocycles. The van der Waals surface area contributed by atoms with Gasteiger partial charge in [-0.3, -0.25) is 4.98 Å². The van der Waals surface area contributed by atoms with Gasteiger partial charge in [-0.2, -0.15) is 10.5 Å². The van der Waals surface area contributed by atoms with E-state index in [1.807, 2.05) is 66.7 Å². The molecule has 2 heterocycles. The van der Waals surface area contributed by atoms with Crippen LogP contribution in [0.4, 0.5) is 0 Å². The van der Waals surface area contributed by atoms with Crippen LogP contribution in [0.2, 0.25) is 0 Å². The fourth-order valence-electron chi connectivity index (χ4n) is 4.78. The summed E-state index contributed by atoms with van der Waals surface area (Å²) < 4.78 is 2.17. The van der Waals surface area contributed by atoms with Crippen LogP contribution in [0.15, 0.2) is 109 Å². The van der Waals surface area contributed by atoms with E-state index in [4.69, 9.17) is 0 Å². The maximum Gasteiger partial charge on any atom is 0.0998 e. The summed E-state index contributed by atoms with van der Waals surface area (Å²) in [5, 5.41) is 21.9. The average Bonchev–Trinajstić information content (AvgIpc) is 3.26. The van der Waals surface area contributed by atoms with E-state index in [1.54, 1.807) is 12.4 Å². The zero-order valence-corrected chi connectivity index (χ0v) is 18.7. The maximum atomic E-state index is 10.2. The summed E-state index contributed by atoms with van der Waals surface area (Å²) in [6.07, 6.45) is 3.48. The third kappa shape index (κ3) is 3.33. The highest BCUT2D eigenvalue weighted by atomic mass is 15.0. The van der Waals surface area contributed by atoms with Crippen molar-refractivity contribution < 1.29 is 0 Å². The molecule has 6 aromatic rings. The molecular formula is C31H18N4. The summed E-state index contributed by atoms with van der Waals surface area (Å²) in [6, 6.07) is 36.8. The van der Waals surface area contributed by atoms with Gasteiger partial charge in [0, 0.05) is 34.3 Å². The van der Waals surface area contributed by atoms with Crippen LogP contribution in [0.3, 0.4) is 0 Å². The van der Waals surface area contributed by atoms with E-state index in [0.717, 1.165) is 49.7 Å². The number of pyridine rings is 1. The third-order valence-corrected chi connectivity index (χ3v) is 6.38. The normalized spacial score (nSPS) is 10.8. The molecule has 6 rings (SSSR count). The second-order valence-electron chi connectivity index (χ2n) is 8.32. The highest BCUT2D eigenvalue weighted by molar-refractivity contribution is 6.10. The minimum atomic E-state index is 0.577. The monoisotopic (exact) mass is 446 g/mol. The zero-order chi connectivity index (χ0) is 23.8. The number of nitriles is 2. The van der Waals surface area contributed by atoms with E-state index in [9.17, 15) is 10.5 Å². The molecule has 0 N–H and O–H groups in total. The van der Waals surface area contributed by atoms with Crippen molar-refractivity contribution in [2.24, 2.45) is 0 Å². The molecule has 0 fully saturated rings. The van der Waals surface area contributed by atoms with Gasteiger partial charge in [0.25, 0.3) is 0 Å². The van der Waals surface area contributed by atoms with Gasteiger partial charge in [0.2, 0.25) is 0 Å². The topological polar surface area (TPSA) is 65.4 Å². The molecule has 0 saturated heterocycles. The molecule has 0 atom stereocenters. The quantitative estimate of drug-likeness (QED) is 0.287. The SMILES string of the molecule is N#Cc1ccc2c3ccccc3n(-c3cc(C#N)c(-c4ccncc4)cc3-c3ccccc3)c2c1. The summed E-state index contributed by atoms with van der Waals surface area (Å²) in [6.45, 7) is 0. The van der Waals surface area contributed by atoms with Crippen molar-refractivity contribution in [1.82, 2.24) is 9.55 Å². The Hall–Kier alpha value is -5.19. The zero-order valence-electron chi connectivity index (χ0n) is 18.7. The minimum absolute atomic E-state index is 0.577. The molecular weight excluding hydrogens is 428 g/mol. The van der Waals surface area contributed by atoms with Gasteiger partial charge in [0.15, 0.2) is 0 Å². The minimum Gasteiger partial charge on any atom is -0.309 e. The molecule has 4 nitrogen and oxygen atoms in total. The van der Waals surface area contributed by atoms with Gasteiger partial charge in [0.05, 0.1) is 40.0 Å². The first-order valence-corrected chi connectivity index (χ1v) is 11.3. The lowest BCUT2D eigenvalue weighted by molar-refractivity contribution is 1.18. The Morgan fingerprint density at radius 3 is 2.09 bits per heavy atom. The van der Waals surface area contributed by atoms with Gasteiger partial charge in [-0.05, 0) is 53.6 Å². The molecule has 0 aliphatic heterocycles. The highest BCUT2D eigenvalue weighted by Gasteiger charge is 2.19. The van der Waals surface area contributed by atoms with Crippen LogP contribution < -0.4 is 0 Å². The predicted molar refractivity (Wildman–Crippen MR) is 139 cm³/mol. The number of nitrogens with zero attached hydrogens (tertiary/aromatic N) is 4. The van der Waals surface area contributed by atoms with Crippen molar-refractivity contribution in [2.45, 2.75) is 0 Å². The van der Waals surface area contributed by atoms with Crippen LogP contribution in [0.25, 0.3) is 49.7 Å². The molecule has 4 aromatic carbocycles. The van der Waals surface area contributed by atoms with Crippen molar-refractivity contribution in [3.8, 4) is 40.1 Å². The number of aromatic nitrogens is 2. The number of para-hydroxylation sites is 1. The molecule has 0 spiro atoms. The number of fused-ring (bicyclic) bond motifs is 3. The van der Waals surface area contributed by atoms with Crippen molar-refractivity contribution in [3.63, 3.8) is 0 Å². The van der Waals surface area contributed by atoms with Crippen LogP contribution in [-0.4, -0.2) is 9.55 Å². The van der Waals surface area contributed by atoms with Gasteiger partial charge in [0.1, 0.15) is 0 Å². The third-order valence-electron chi connectivity index (χ3n) is 6.38. The van der Waals surface area contributed by atoms with E-state index in [0.29, 0.717) is 11.1 Å². The van der Waals surface area contributed by atoms with E-state index in [-0.39, 0.29) is 0 Å². The molecule has 0 radical (unpaired) electrons. The lowest BCUT2D eigenvalue weighted by atomic mass is 9.93. The fourth-order valence-corrected chi connectivity index (χ4v) is 4.78. The molecule has 162 valence electrons. The first kappa shape index (κ1) is 20.4. The molecule has 4 heteroatoms. The molecule has 35 heavy (non-hydrogen) atoms. The second-order valence-corrected chi connectivity index (χ2v) is 8.32. The molecule has 0 aliphatic rings. The number of benzene rings is 4. The standard InChI is InChI=1S/C31H18N4/c32-19-21-10-11-26-25-8-4-5-9-29(25)35(30(26)16-21)31-17-24(20-33)27(23-12-14-34-15-13-23)18-28(31)22-6-2-1-3-7-22/h1-18H. The Balaban J connectivity index is 1.77. The van der Waals surface area contributed by atoms with Crippen LogP contribution in [-0.2, 0) is 0 Å². The van der Waals surface area contributed by atoms with Gasteiger partial charge in [-0.25, -0.2) is 0 Å². The highest BCUT2D eigenvalue weighted by Crippen LogP contribution is 2.39. The van der Waals surface area contributed by atoms with Crippen LogP contribution in [0, 0.1) is 22.7 Å². The van der Waals surface area contributed by atoms with Crippen LogP contribution >= 0.6 is 0 Å². The summed E-state index contributed by atoms with van der Waals surface area (Å²) >= 11 is 0. The van der Waals surface area contributed by atoms with Crippen molar-refractivity contribution >= 4 is 21.8 Å². The first-order valence-electron chi connectivity index (χ1n) is 11.3. The average molecular weight is 447 g/mol. The summed E-state index contributed by atoms with van der Waals surface area (Å²) in [7, 11) is 0. The van der Waals surface area contributed by atoms with Crippen LogP contribution in [0.1, 0.15) is 11.1 Å². The summed E-state index contributed by atoms with van der Waals surface area (Å²) in [5.41, 5.74) is 7.87. The molecule has 2 aromatic heterocycles. The lowest BCUT2D eigenvalue weighted by Gasteiger charge is -2.17. The molecule has 0 aliphatic carbocycles.